The van der Waals surface area contributed by atoms with Crippen LogP contribution in [0.15, 0.2) is 12.2 Å². The molecule has 0 aromatic carbocycles. The molecule has 0 aliphatic rings. The van der Waals surface area contributed by atoms with Gasteiger partial charge in [-0.1, -0.05) is 46.6 Å². The normalized spacial score (nSPS) is 6.73. The summed E-state index contributed by atoms with van der Waals surface area (Å²) in [5, 5.41) is 0. The van der Waals surface area contributed by atoms with Crippen LogP contribution in [0.25, 0.3) is 0 Å². The van der Waals surface area contributed by atoms with E-state index in [2.05, 4.69) is 80.1 Å². The molecule has 146 valence electrons. The molecule has 0 fully saturated rings. The zero-order valence-electron chi connectivity index (χ0n) is 14.9. The van der Waals surface area contributed by atoms with E-state index >= 15 is 0 Å². The Morgan fingerprint density at radius 3 is 1.27 bits per heavy atom. The quantitative estimate of drug-likeness (QED) is 0.355. The van der Waals surface area contributed by atoms with Crippen molar-refractivity contribution < 1.29 is 61.5 Å². The molecule has 0 rings (SSSR count). The molecule has 0 bridgehead atoms. The summed E-state index contributed by atoms with van der Waals surface area (Å²) >= 11 is 0. The minimum atomic E-state index is 0. The van der Waals surface area contributed by atoms with Crippen molar-refractivity contribution in [2.75, 3.05) is 0 Å². The van der Waals surface area contributed by atoms with Crippen molar-refractivity contribution in [3.05, 3.63) is 52.1 Å². The molecule has 0 aromatic rings. The van der Waals surface area contributed by atoms with Crippen molar-refractivity contribution in [3.8, 4) is 12.3 Å². The second kappa shape index (κ2) is 65.0. The first kappa shape index (κ1) is 56.3. The molecule has 0 aliphatic heterocycles. The van der Waals surface area contributed by atoms with Gasteiger partial charge < -0.3 is 0 Å². The van der Waals surface area contributed by atoms with Crippen LogP contribution in [-0.4, -0.2) is 0 Å². The molecule has 0 heterocycles. The summed E-state index contributed by atoms with van der Waals surface area (Å²) in [5.74, 6) is 3.21. The van der Waals surface area contributed by atoms with Gasteiger partial charge in [0.05, 0.1) is 0 Å². The van der Waals surface area contributed by atoms with E-state index in [1.807, 2.05) is 0 Å². The summed E-state index contributed by atoms with van der Waals surface area (Å²) in [4.78, 5) is 0. The molecular weight excluding hydrogens is 430 g/mol. The van der Waals surface area contributed by atoms with Crippen molar-refractivity contribution in [1.29, 1.82) is 0 Å². The molecule has 1 atom stereocenters. The Morgan fingerprint density at radius 2 is 1.12 bits per heavy atom. The largest absolute Gasteiger partial charge is 0 e. The Labute approximate surface area is 177 Å². The summed E-state index contributed by atoms with van der Waals surface area (Å²) in [6.45, 7) is 39.8. The van der Waals surface area contributed by atoms with Gasteiger partial charge in [-0.05, 0) is 23.3 Å². The van der Waals surface area contributed by atoms with Crippen molar-refractivity contribution in [2.45, 2.75) is 40.5 Å². The molecule has 0 saturated heterocycles. The van der Waals surface area contributed by atoms with E-state index in [4.69, 9.17) is 34.3 Å². The van der Waals surface area contributed by atoms with Crippen molar-refractivity contribution in [2.24, 2.45) is 11.3 Å². The fourth-order valence-electron chi connectivity index (χ4n) is 1.05. The fraction of sp³-hybridized carbons (Fsp3) is 0.444. The van der Waals surface area contributed by atoms with Crippen LogP contribution in [0.1, 0.15) is 40.5 Å². The topological polar surface area (TPSA) is 119 Å². The first-order chi connectivity index (χ1) is 11.4. The van der Waals surface area contributed by atoms with Crippen molar-refractivity contribution >= 4 is 0 Å². The third kappa shape index (κ3) is 56.9. The zero-order chi connectivity index (χ0) is 21.8. The first-order valence-corrected chi connectivity index (χ1v) is 5.81. The van der Waals surface area contributed by atoms with Gasteiger partial charge >= 0.3 is 67.8 Å². The maximum absolute atomic E-state index is 7.50. The smallest absolute Gasteiger partial charge is 0 e. The Kier molecular flexibility index (Phi) is 141. The predicted octanol–water partition coefficient (Wildman–Crippen LogP) is 3.41. The van der Waals surface area contributed by atoms with E-state index in [-0.39, 0.29) is 33.6 Å². The Balaban J connectivity index is -0.0000000252. The van der Waals surface area contributed by atoms with Gasteiger partial charge in [-0.2, -0.15) is 0 Å². The first-order valence-electron chi connectivity index (χ1n) is 5.81. The average Bonchev–Trinajstić information content (AvgIpc) is 2.71. The number of terminal acetylenes is 1. The van der Waals surface area contributed by atoms with E-state index in [0.29, 0.717) is 11.3 Å². The molecule has 6 nitrogen and oxygen atoms in total. The molecule has 8 heteroatoms. The van der Waals surface area contributed by atoms with E-state index < -0.39 is 0 Å². The molecule has 0 aromatic heterocycles. The van der Waals surface area contributed by atoms with E-state index in [9.17, 15) is 0 Å². The molecule has 2 radical (unpaired) electrons. The molecule has 1 unspecified atom stereocenters. The van der Waals surface area contributed by atoms with Crippen LogP contribution in [0.5, 0.6) is 0 Å². The maximum Gasteiger partial charge on any atom is 0 e. The van der Waals surface area contributed by atoms with Gasteiger partial charge in [-0.25, -0.2) is 0 Å². The fourth-order valence-corrected chi connectivity index (χ4v) is 1.05. The minimum absolute atomic E-state index is 0. The molecule has 0 spiro atoms. The molecule has 0 N–H and O–H groups in total. The van der Waals surface area contributed by atoms with Crippen LogP contribution in [0.3, 0.4) is 0 Å². The summed E-state index contributed by atoms with van der Waals surface area (Å²) in [6, 6.07) is 0. The zero-order valence-corrected chi connectivity index (χ0v) is 17.0. The van der Waals surface area contributed by atoms with Gasteiger partial charge in [-0.15, -0.1) is 6.42 Å². The van der Waals surface area contributed by atoms with Crippen molar-refractivity contribution in [1.82, 2.24) is 0 Å². The Morgan fingerprint density at radius 1 is 0.885 bits per heavy atom. The van der Waals surface area contributed by atoms with Crippen LogP contribution in [0, 0.1) is 63.6 Å². The third-order valence-electron chi connectivity index (χ3n) is 3.00. The van der Waals surface area contributed by atoms with Crippen LogP contribution in [0.4, 0.5) is 0 Å². The second-order valence-corrected chi connectivity index (χ2v) is 4.20. The molecule has 0 amide bonds. The number of hydrogen-bond acceptors (Lipinski definition) is 0. The second-order valence-electron chi connectivity index (χ2n) is 4.20. The van der Waals surface area contributed by atoms with Crippen molar-refractivity contribution in [3.63, 3.8) is 0 Å². The van der Waals surface area contributed by atoms with Gasteiger partial charge in [0.15, 0.2) is 0 Å². The van der Waals surface area contributed by atoms with Gasteiger partial charge in [0.2, 0.25) is 0 Å². The maximum atomic E-state index is 7.50. The summed E-state index contributed by atoms with van der Waals surface area (Å²) in [5.41, 5.74) is 1.30. The Bertz CT molecular complexity index is 376. The van der Waals surface area contributed by atoms with E-state index in [1.165, 1.54) is 6.42 Å². The predicted molar refractivity (Wildman–Crippen MR) is 79.4 cm³/mol. The summed E-state index contributed by atoms with van der Waals surface area (Å²) in [6.07, 6.45) is 7.40. The number of rotatable bonds is 4. The number of allylic oxidation sites excluding steroid dienone is 1. The van der Waals surface area contributed by atoms with Crippen LogP contribution in [0.2, 0.25) is 0 Å². The average molecular weight is 450 g/mol. The van der Waals surface area contributed by atoms with E-state index in [0.717, 1.165) is 12.0 Å². The van der Waals surface area contributed by atoms with E-state index in [1.54, 1.807) is 0 Å². The van der Waals surface area contributed by atoms with Gasteiger partial charge in [0, 0.05) is 33.6 Å². The third-order valence-corrected chi connectivity index (χ3v) is 3.00. The molecular formula is C18H20Co2O6. The van der Waals surface area contributed by atoms with Gasteiger partial charge in [0.1, 0.15) is 0 Å². The monoisotopic (exact) mass is 450 g/mol. The van der Waals surface area contributed by atoms with Gasteiger partial charge in [-0.3, -0.25) is 0 Å². The minimum Gasteiger partial charge on any atom is 0 e. The van der Waals surface area contributed by atoms with Crippen LogP contribution >= 0.6 is 0 Å². The molecule has 0 aliphatic carbocycles. The Hall–Kier alpha value is -1.25. The molecule has 26 heavy (non-hydrogen) atoms. The standard InChI is InChI=1S/C12H20.6CO.2Co/c1-7-10(3)9-11(4)12(5,6)8-2;6*1-2;;/h1,11H,3,8-9H2,2,4-6H3;;;;;;;;. The summed E-state index contributed by atoms with van der Waals surface area (Å²) < 4.78 is 45.0. The SMILES string of the molecule is C#CC(=C)CC(C)C(C)(C)CC.[C-]#[O+].[C-]#[O+].[C-]#[O+].[C-]#[O+].[C-]#[O+].[C-]#[O+].[Co].[Co]. The summed E-state index contributed by atoms with van der Waals surface area (Å²) in [7, 11) is 0. The number of hydrogen-bond donors (Lipinski definition) is 0. The van der Waals surface area contributed by atoms with Gasteiger partial charge in [0.25, 0.3) is 0 Å². The van der Waals surface area contributed by atoms with Crippen LogP contribution < -0.4 is 0 Å². The van der Waals surface area contributed by atoms with Crippen LogP contribution in [-0.2, 0) is 61.5 Å². The molecule has 0 saturated carbocycles.